The van der Waals surface area contributed by atoms with Crippen LogP contribution in [0.5, 0.6) is 0 Å². The third-order valence-corrected chi connectivity index (χ3v) is 4.70. The molecule has 1 saturated heterocycles. The number of aliphatic carboxylic acids is 1. The Morgan fingerprint density at radius 2 is 2.38 bits per heavy atom. The summed E-state index contributed by atoms with van der Waals surface area (Å²) < 4.78 is 1.33. The van der Waals surface area contributed by atoms with Gasteiger partial charge >= 0.3 is 5.97 Å². The number of fused-ring (bicyclic) bond motifs is 1. The maximum atomic E-state index is 12.0. The van der Waals surface area contributed by atoms with Gasteiger partial charge in [-0.3, -0.25) is 14.5 Å². The highest BCUT2D eigenvalue weighted by atomic mass is 32.1. The maximum Gasteiger partial charge on any atom is 0.307 e. The van der Waals surface area contributed by atoms with E-state index in [2.05, 4.69) is 10.1 Å². The molecule has 1 aliphatic heterocycles. The molecule has 2 aromatic rings. The molecule has 3 rings (SSSR count). The van der Waals surface area contributed by atoms with E-state index >= 15 is 0 Å². The van der Waals surface area contributed by atoms with Crippen molar-refractivity contribution in [2.75, 3.05) is 13.1 Å². The van der Waals surface area contributed by atoms with E-state index in [-0.39, 0.29) is 11.5 Å². The fourth-order valence-corrected chi connectivity index (χ4v) is 3.38. The number of rotatable bonds is 4. The predicted molar refractivity (Wildman–Crippen MR) is 77.5 cm³/mol. The number of aromatic nitrogens is 3. The van der Waals surface area contributed by atoms with Gasteiger partial charge in [0.15, 0.2) is 0 Å². The summed E-state index contributed by atoms with van der Waals surface area (Å²) in [4.78, 5) is 30.1. The van der Waals surface area contributed by atoms with Crippen LogP contribution >= 0.6 is 11.3 Å². The van der Waals surface area contributed by atoms with Crippen molar-refractivity contribution in [1.82, 2.24) is 19.5 Å². The minimum absolute atomic E-state index is 0.181. The van der Waals surface area contributed by atoms with E-state index in [0.29, 0.717) is 30.2 Å². The van der Waals surface area contributed by atoms with Crippen LogP contribution in [0.4, 0.5) is 0 Å². The third-order valence-electron chi connectivity index (χ3n) is 3.65. The molecule has 8 heteroatoms. The smallest absolute Gasteiger partial charge is 0.307 e. The number of nitrogens with zero attached hydrogens (tertiary/aromatic N) is 4. The molecule has 1 N–H and O–H groups in total. The molecule has 3 heterocycles. The van der Waals surface area contributed by atoms with Crippen LogP contribution in [-0.4, -0.2) is 43.7 Å². The van der Waals surface area contributed by atoms with Crippen LogP contribution in [-0.2, 0) is 17.8 Å². The van der Waals surface area contributed by atoms with Gasteiger partial charge in [-0.15, -0.1) is 0 Å². The standard InChI is InChI=1S/C13H16N4O3S/c1-2-10-15-17-11(18)5-9(14-13(17)21-10)7-16-4-3-8(6-16)12(19)20/h5,8H,2-4,6-7H2,1H3,(H,19,20). The lowest BCUT2D eigenvalue weighted by atomic mass is 10.1. The average molecular weight is 308 g/mol. The Morgan fingerprint density at radius 1 is 1.57 bits per heavy atom. The highest BCUT2D eigenvalue weighted by Gasteiger charge is 2.28. The van der Waals surface area contributed by atoms with Crippen molar-refractivity contribution in [2.45, 2.75) is 26.3 Å². The van der Waals surface area contributed by atoms with Crippen molar-refractivity contribution in [1.29, 1.82) is 0 Å². The molecule has 1 fully saturated rings. The van der Waals surface area contributed by atoms with E-state index in [0.717, 1.165) is 18.0 Å². The van der Waals surface area contributed by atoms with Gasteiger partial charge in [0.1, 0.15) is 5.01 Å². The van der Waals surface area contributed by atoms with Gasteiger partial charge in [-0.25, -0.2) is 4.98 Å². The average Bonchev–Trinajstić information content (AvgIpc) is 3.05. The first-order chi connectivity index (χ1) is 10.1. The third kappa shape index (κ3) is 2.81. The summed E-state index contributed by atoms with van der Waals surface area (Å²) in [6, 6.07) is 1.49. The minimum Gasteiger partial charge on any atom is -0.481 e. The van der Waals surface area contributed by atoms with Gasteiger partial charge in [0.25, 0.3) is 5.56 Å². The molecule has 0 aromatic carbocycles. The molecule has 21 heavy (non-hydrogen) atoms. The number of carbonyl (C=O) groups is 1. The van der Waals surface area contributed by atoms with Crippen molar-refractivity contribution in [3.63, 3.8) is 0 Å². The topological polar surface area (TPSA) is 87.8 Å². The van der Waals surface area contributed by atoms with Gasteiger partial charge in [-0.2, -0.15) is 9.61 Å². The zero-order valence-electron chi connectivity index (χ0n) is 11.7. The summed E-state index contributed by atoms with van der Waals surface area (Å²) in [5.41, 5.74) is 0.497. The van der Waals surface area contributed by atoms with Crippen LogP contribution in [0.1, 0.15) is 24.0 Å². The molecule has 1 aliphatic rings. The largest absolute Gasteiger partial charge is 0.481 e. The second-order valence-corrected chi connectivity index (χ2v) is 6.23. The van der Waals surface area contributed by atoms with Crippen LogP contribution in [0.15, 0.2) is 10.9 Å². The molecular formula is C13H16N4O3S. The molecule has 1 unspecified atom stereocenters. The fraction of sp³-hybridized carbons (Fsp3) is 0.538. The lowest BCUT2D eigenvalue weighted by Gasteiger charge is -2.14. The van der Waals surface area contributed by atoms with E-state index in [4.69, 9.17) is 5.11 Å². The van der Waals surface area contributed by atoms with Crippen LogP contribution in [0.3, 0.4) is 0 Å². The van der Waals surface area contributed by atoms with Gasteiger partial charge in [0.05, 0.1) is 11.6 Å². The number of hydrogen-bond acceptors (Lipinski definition) is 6. The second kappa shape index (κ2) is 5.53. The maximum absolute atomic E-state index is 12.0. The SMILES string of the molecule is CCc1nn2c(=O)cc(CN3CCC(C(=O)O)C3)nc2s1. The van der Waals surface area contributed by atoms with E-state index in [1.54, 1.807) is 0 Å². The molecule has 112 valence electrons. The fourth-order valence-electron chi connectivity index (χ4n) is 2.53. The molecule has 7 nitrogen and oxygen atoms in total. The van der Waals surface area contributed by atoms with E-state index in [9.17, 15) is 9.59 Å². The van der Waals surface area contributed by atoms with Crippen molar-refractivity contribution in [3.8, 4) is 0 Å². The number of likely N-dealkylation sites (tertiary alicyclic amines) is 1. The van der Waals surface area contributed by atoms with Crippen molar-refractivity contribution < 1.29 is 9.90 Å². The first kappa shape index (κ1) is 14.2. The number of carboxylic acid groups (broad SMARTS) is 1. The summed E-state index contributed by atoms with van der Waals surface area (Å²) in [5.74, 6) is -1.07. The first-order valence-electron chi connectivity index (χ1n) is 6.90. The summed E-state index contributed by atoms with van der Waals surface area (Å²) in [6.45, 7) is 3.73. The molecule has 2 aromatic heterocycles. The first-order valence-corrected chi connectivity index (χ1v) is 7.72. The lowest BCUT2D eigenvalue weighted by Crippen LogP contribution is -2.25. The Kier molecular flexibility index (Phi) is 3.73. The summed E-state index contributed by atoms with van der Waals surface area (Å²) in [5, 5.41) is 14.1. The molecular weight excluding hydrogens is 292 g/mol. The van der Waals surface area contributed by atoms with E-state index in [1.807, 2.05) is 11.8 Å². The zero-order chi connectivity index (χ0) is 15.0. The zero-order valence-corrected chi connectivity index (χ0v) is 12.5. The number of aryl methyl sites for hydroxylation is 1. The molecule has 0 aliphatic carbocycles. The van der Waals surface area contributed by atoms with Gasteiger partial charge in [0.2, 0.25) is 4.96 Å². The van der Waals surface area contributed by atoms with Gasteiger partial charge in [-0.05, 0) is 19.4 Å². The van der Waals surface area contributed by atoms with Crippen LogP contribution in [0.25, 0.3) is 4.96 Å². The highest BCUT2D eigenvalue weighted by Crippen LogP contribution is 2.18. The van der Waals surface area contributed by atoms with Gasteiger partial charge in [0, 0.05) is 19.2 Å². The van der Waals surface area contributed by atoms with Crippen molar-refractivity contribution in [2.24, 2.45) is 5.92 Å². The van der Waals surface area contributed by atoms with Gasteiger partial charge < -0.3 is 5.11 Å². The summed E-state index contributed by atoms with van der Waals surface area (Å²) in [7, 11) is 0. The lowest BCUT2D eigenvalue weighted by molar-refractivity contribution is -0.141. The molecule has 1 atom stereocenters. The Bertz CT molecular complexity index is 739. The van der Waals surface area contributed by atoms with Crippen LogP contribution in [0, 0.1) is 5.92 Å². The molecule has 0 saturated carbocycles. The van der Waals surface area contributed by atoms with Gasteiger partial charge in [-0.1, -0.05) is 18.3 Å². The Hall–Kier alpha value is -1.80. The van der Waals surface area contributed by atoms with Crippen molar-refractivity contribution in [3.05, 3.63) is 27.1 Å². The second-order valence-electron chi connectivity index (χ2n) is 5.19. The van der Waals surface area contributed by atoms with Crippen LogP contribution in [0.2, 0.25) is 0 Å². The monoisotopic (exact) mass is 308 g/mol. The van der Waals surface area contributed by atoms with Crippen molar-refractivity contribution >= 4 is 22.3 Å². The van der Waals surface area contributed by atoms with E-state index in [1.165, 1.54) is 21.9 Å². The number of carboxylic acids is 1. The molecule has 0 spiro atoms. The highest BCUT2D eigenvalue weighted by molar-refractivity contribution is 7.16. The van der Waals surface area contributed by atoms with E-state index < -0.39 is 5.97 Å². The predicted octanol–water partition coefficient (Wildman–Crippen LogP) is 0.620. The molecule has 0 amide bonds. The normalized spacial score (nSPS) is 19.4. The Balaban J connectivity index is 1.82. The molecule has 0 radical (unpaired) electrons. The van der Waals surface area contributed by atoms with Crippen LogP contribution < -0.4 is 5.56 Å². The Labute approximate surface area is 124 Å². The number of hydrogen-bond donors (Lipinski definition) is 1. The quantitative estimate of drug-likeness (QED) is 0.891. The molecule has 0 bridgehead atoms. The minimum atomic E-state index is -0.754. The summed E-state index contributed by atoms with van der Waals surface area (Å²) in [6.07, 6.45) is 1.42. The Morgan fingerprint density at radius 3 is 3.05 bits per heavy atom. The summed E-state index contributed by atoms with van der Waals surface area (Å²) >= 11 is 1.42.